The molecule has 0 amide bonds. The Kier molecular flexibility index (Phi) is 8.36. The van der Waals surface area contributed by atoms with E-state index in [2.05, 4.69) is 30.5 Å². The third-order valence-corrected chi connectivity index (χ3v) is 2.65. The zero-order chi connectivity index (χ0) is 13.1. The lowest BCUT2D eigenvalue weighted by Gasteiger charge is -2.29. The van der Waals surface area contributed by atoms with Crippen molar-refractivity contribution in [3.8, 4) is 0 Å². The molecule has 0 heterocycles. The van der Waals surface area contributed by atoms with E-state index in [0.717, 1.165) is 31.5 Å². The number of nitrogens with one attached hydrogen (secondary N) is 1. The molecule has 0 radical (unpaired) electrons. The fourth-order valence-electron chi connectivity index (χ4n) is 1.51. The van der Waals surface area contributed by atoms with Crippen LogP contribution in [0.25, 0.3) is 0 Å². The number of hydrogen-bond acceptors (Lipinski definition) is 4. The lowest BCUT2D eigenvalue weighted by Crippen LogP contribution is -2.33. The number of nitrogens with two attached hydrogens (primary N) is 1. The van der Waals surface area contributed by atoms with Gasteiger partial charge in [-0.25, -0.2) is 0 Å². The van der Waals surface area contributed by atoms with E-state index in [9.17, 15) is 0 Å². The van der Waals surface area contributed by atoms with Crippen molar-refractivity contribution in [3.05, 3.63) is 24.6 Å². The van der Waals surface area contributed by atoms with Crippen LogP contribution >= 0.6 is 0 Å². The molecule has 0 saturated carbocycles. The van der Waals surface area contributed by atoms with Crippen molar-refractivity contribution in [1.82, 2.24) is 5.32 Å². The molecule has 0 rings (SSSR count). The van der Waals surface area contributed by atoms with Crippen molar-refractivity contribution in [1.29, 1.82) is 0 Å². The van der Waals surface area contributed by atoms with Crippen LogP contribution in [0.2, 0.25) is 0 Å². The third-order valence-electron chi connectivity index (χ3n) is 2.65. The summed E-state index contributed by atoms with van der Waals surface area (Å²) in [7, 11) is 1.93. The summed E-state index contributed by atoms with van der Waals surface area (Å²) in [5, 5.41) is 3.13. The predicted octanol–water partition coefficient (Wildman–Crippen LogP) is 1.84. The summed E-state index contributed by atoms with van der Waals surface area (Å²) >= 11 is 0. The summed E-state index contributed by atoms with van der Waals surface area (Å²) in [6.45, 7) is 10.6. The van der Waals surface area contributed by atoms with Crippen molar-refractivity contribution in [3.63, 3.8) is 0 Å². The zero-order valence-corrected chi connectivity index (χ0v) is 11.0. The molecule has 4 nitrogen and oxygen atoms in total. The van der Waals surface area contributed by atoms with Crippen LogP contribution in [0.4, 0.5) is 0 Å². The molecule has 0 bridgehead atoms. The summed E-state index contributed by atoms with van der Waals surface area (Å²) in [5.41, 5.74) is 6.34. The van der Waals surface area contributed by atoms with Crippen molar-refractivity contribution in [2.45, 2.75) is 31.8 Å². The highest BCUT2D eigenvalue weighted by molar-refractivity contribution is 5.26. The van der Waals surface area contributed by atoms with E-state index in [1.165, 1.54) is 0 Å². The number of nitrogens with zero attached hydrogens (tertiary/aromatic N) is 1. The summed E-state index contributed by atoms with van der Waals surface area (Å²) in [6.07, 6.45) is 5.91. The average molecular weight is 239 g/mol. The molecule has 0 fully saturated rings. The fourth-order valence-corrected chi connectivity index (χ4v) is 1.51. The van der Waals surface area contributed by atoms with E-state index in [0.29, 0.717) is 6.61 Å². The summed E-state index contributed by atoms with van der Waals surface area (Å²) in [5.74, 6) is 0. The van der Waals surface area contributed by atoms with Crippen molar-refractivity contribution in [2.24, 2.45) is 10.7 Å². The quantitative estimate of drug-likeness (QED) is 0.452. The maximum absolute atomic E-state index is 5.82. The van der Waals surface area contributed by atoms with Gasteiger partial charge in [0.1, 0.15) is 0 Å². The minimum atomic E-state index is -0.184. The molecule has 0 saturated heterocycles. The van der Waals surface area contributed by atoms with Gasteiger partial charge in [0, 0.05) is 11.9 Å². The van der Waals surface area contributed by atoms with E-state index in [4.69, 9.17) is 10.5 Å². The second-order valence-corrected chi connectivity index (χ2v) is 4.29. The van der Waals surface area contributed by atoms with Gasteiger partial charge in [-0.2, -0.15) is 0 Å². The average Bonchev–Trinajstić information content (AvgIpc) is 2.32. The van der Waals surface area contributed by atoms with Crippen LogP contribution in [0.15, 0.2) is 29.5 Å². The van der Waals surface area contributed by atoms with Gasteiger partial charge in [0.25, 0.3) is 0 Å². The molecule has 98 valence electrons. The number of ether oxygens (including phenoxy) is 1. The highest BCUT2D eigenvalue weighted by Crippen LogP contribution is 2.23. The second kappa shape index (κ2) is 8.96. The Balaban J connectivity index is 4.30. The van der Waals surface area contributed by atoms with Gasteiger partial charge in [-0.1, -0.05) is 6.08 Å². The number of aliphatic imine (C=N–C) groups is 1. The first kappa shape index (κ1) is 15.9. The van der Waals surface area contributed by atoms with Crippen LogP contribution in [0.1, 0.15) is 26.2 Å². The smallest absolute Gasteiger partial charge is 0.0674 e. The minimum absolute atomic E-state index is 0.184. The Bertz CT molecular complexity index is 263. The van der Waals surface area contributed by atoms with Gasteiger partial charge >= 0.3 is 0 Å². The molecule has 17 heavy (non-hydrogen) atoms. The maximum Gasteiger partial charge on any atom is 0.0674 e. The predicted molar refractivity (Wildman–Crippen MR) is 74.2 cm³/mol. The van der Waals surface area contributed by atoms with Gasteiger partial charge in [0.15, 0.2) is 0 Å². The van der Waals surface area contributed by atoms with Crippen LogP contribution in [0.5, 0.6) is 0 Å². The summed E-state index contributed by atoms with van der Waals surface area (Å²) in [6, 6.07) is 0. The normalized spacial score (nSPS) is 15.3. The van der Waals surface area contributed by atoms with Crippen molar-refractivity contribution < 1.29 is 4.74 Å². The Morgan fingerprint density at radius 1 is 1.53 bits per heavy atom. The number of allylic oxidation sites excluding steroid dienone is 1. The standard InChI is InChI=1S/C13H25N3O/c1-5-10-17-13(2,8-9-15-3)7-6-12(14)11-16-4/h5,11,15H,1,4,6-10,14H2,2-3H3/b12-11+. The minimum Gasteiger partial charge on any atom is -0.401 e. The topological polar surface area (TPSA) is 59.6 Å². The monoisotopic (exact) mass is 239 g/mol. The van der Waals surface area contributed by atoms with Crippen molar-refractivity contribution >= 4 is 6.72 Å². The lowest BCUT2D eigenvalue weighted by atomic mass is 9.95. The highest BCUT2D eigenvalue weighted by Gasteiger charge is 2.23. The molecule has 0 aliphatic carbocycles. The first-order valence-electron chi connectivity index (χ1n) is 5.88. The van der Waals surface area contributed by atoms with Crippen LogP contribution in [0, 0.1) is 0 Å². The number of rotatable bonds is 10. The molecule has 0 aromatic carbocycles. The van der Waals surface area contributed by atoms with E-state index in [-0.39, 0.29) is 5.60 Å². The third kappa shape index (κ3) is 7.71. The van der Waals surface area contributed by atoms with Gasteiger partial charge in [-0.05, 0) is 46.5 Å². The summed E-state index contributed by atoms with van der Waals surface area (Å²) in [4.78, 5) is 3.65. The maximum atomic E-state index is 5.82. The number of hydrogen-bond donors (Lipinski definition) is 2. The first-order chi connectivity index (χ1) is 8.08. The molecule has 4 heteroatoms. The highest BCUT2D eigenvalue weighted by atomic mass is 16.5. The Morgan fingerprint density at radius 3 is 2.76 bits per heavy atom. The first-order valence-corrected chi connectivity index (χ1v) is 5.88. The van der Waals surface area contributed by atoms with E-state index in [1.807, 2.05) is 7.05 Å². The fraction of sp³-hybridized carbons (Fsp3) is 0.615. The molecule has 0 aromatic rings. The Morgan fingerprint density at radius 2 is 2.24 bits per heavy atom. The van der Waals surface area contributed by atoms with Crippen LogP contribution in [-0.2, 0) is 4.74 Å². The molecular formula is C13H25N3O. The molecular weight excluding hydrogens is 214 g/mol. The Hall–Kier alpha value is -1.13. The van der Waals surface area contributed by atoms with Crippen LogP contribution in [0.3, 0.4) is 0 Å². The van der Waals surface area contributed by atoms with Crippen LogP contribution < -0.4 is 11.1 Å². The van der Waals surface area contributed by atoms with E-state index in [1.54, 1.807) is 12.3 Å². The van der Waals surface area contributed by atoms with Gasteiger partial charge < -0.3 is 15.8 Å². The largest absolute Gasteiger partial charge is 0.401 e. The van der Waals surface area contributed by atoms with Gasteiger partial charge in [-0.15, -0.1) is 6.58 Å². The molecule has 0 aromatic heterocycles. The molecule has 3 N–H and O–H groups in total. The SMILES string of the molecule is C=CCOC(C)(CCNC)CC/C(N)=C\N=C. The molecule has 0 spiro atoms. The molecule has 0 aliphatic heterocycles. The van der Waals surface area contributed by atoms with E-state index >= 15 is 0 Å². The Labute approximate surface area is 105 Å². The van der Waals surface area contributed by atoms with Gasteiger partial charge in [0.2, 0.25) is 0 Å². The van der Waals surface area contributed by atoms with E-state index < -0.39 is 0 Å². The molecule has 0 aliphatic rings. The lowest BCUT2D eigenvalue weighted by molar-refractivity contribution is -0.0280. The van der Waals surface area contributed by atoms with Gasteiger partial charge in [-0.3, -0.25) is 4.99 Å². The zero-order valence-electron chi connectivity index (χ0n) is 11.0. The van der Waals surface area contributed by atoms with Gasteiger partial charge in [0.05, 0.1) is 12.2 Å². The second-order valence-electron chi connectivity index (χ2n) is 4.29. The molecule has 1 unspecified atom stereocenters. The van der Waals surface area contributed by atoms with Crippen molar-refractivity contribution in [2.75, 3.05) is 20.2 Å². The van der Waals surface area contributed by atoms with Crippen LogP contribution in [-0.4, -0.2) is 32.5 Å². The molecule has 1 atom stereocenters. The summed E-state index contributed by atoms with van der Waals surface area (Å²) < 4.78 is 5.82.